The van der Waals surface area contributed by atoms with Crippen LogP contribution in [-0.4, -0.2) is 35.8 Å². The molecule has 0 saturated heterocycles. The van der Waals surface area contributed by atoms with Gasteiger partial charge in [0.2, 0.25) is 16.0 Å². The molecule has 0 atom stereocenters. The molecule has 1 heterocycles. The monoisotopic (exact) mass is 301 g/mol. The molecule has 0 amide bonds. The van der Waals surface area contributed by atoms with Crippen LogP contribution in [0.5, 0.6) is 0 Å². The zero-order valence-corrected chi connectivity index (χ0v) is 12.9. The van der Waals surface area contributed by atoms with Crippen LogP contribution in [0.4, 0.5) is 5.95 Å². The van der Waals surface area contributed by atoms with Gasteiger partial charge in [-0.15, -0.1) is 0 Å². The number of nitrogens with one attached hydrogen (secondary N) is 1. The summed E-state index contributed by atoms with van der Waals surface area (Å²) in [5.41, 5.74) is 2.27. The summed E-state index contributed by atoms with van der Waals surface area (Å²) in [6, 6.07) is 0. The Morgan fingerprint density at radius 3 is 2.05 bits per heavy atom. The number of nitrogens with two attached hydrogens (primary N) is 1. The first-order valence-corrected chi connectivity index (χ1v) is 8.29. The Kier molecular flexibility index (Phi) is 6.83. The van der Waals surface area contributed by atoms with E-state index in [4.69, 9.17) is 5.84 Å². The third-order valence-corrected chi connectivity index (χ3v) is 4.77. The van der Waals surface area contributed by atoms with E-state index in [-0.39, 0.29) is 10.8 Å². The minimum atomic E-state index is -3.53. The van der Waals surface area contributed by atoms with Crippen molar-refractivity contribution in [2.24, 2.45) is 5.84 Å². The summed E-state index contributed by atoms with van der Waals surface area (Å²) in [5, 5.41) is 0. The normalized spacial score (nSPS) is 11.8. The number of unbranched alkanes of at least 4 members (excludes halogenated alkanes) is 2. The molecule has 0 aliphatic rings. The highest BCUT2D eigenvalue weighted by atomic mass is 32.2. The molecule has 0 radical (unpaired) electrons. The molecule has 0 bridgehead atoms. The van der Waals surface area contributed by atoms with Crippen molar-refractivity contribution in [2.45, 2.75) is 44.4 Å². The summed E-state index contributed by atoms with van der Waals surface area (Å²) in [7, 11) is -3.53. The SMILES string of the molecule is CCCCN(CCCC)S(=O)(=O)c1cnc(NN)nc1. The van der Waals surface area contributed by atoms with Crippen molar-refractivity contribution in [3.63, 3.8) is 0 Å². The zero-order chi connectivity index (χ0) is 15.0. The summed E-state index contributed by atoms with van der Waals surface area (Å²) in [6.45, 7) is 5.12. The van der Waals surface area contributed by atoms with Crippen LogP contribution >= 0.6 is 0 Å². The zero-order valence-electron chi connectivity index (χ0n) is 12.0. The van der Waals surface area contributed by atoms with Crippen molar-refractivity contribution in [1.29, 1.82) is 0 Å². The van der Waals surface area contributed by atoms with Crippen LogP contribution in [0.2, 0.25) is 0 Å². The molecule has 114 valence electrons. The summed E-state index contributed by atoms with van der Waals surface area (Å²) in [5.74, 6) is 5.36. The van der Waals surface area contributed by atoms with Gasteiger partial charge in [-0.2, -0.15) is 4.31 Å². The van der Waals surface area contributed by atoms with E-state index in [9.17, 15) is 8.42 Å². The number of nitrogens with zero attached hydrogens (tertiary/aromatic N) is 3. The van der Waals surface area contributed by atoms with Crippen LogP contribution in [0.1, 0.15) is 39.5 Å². The van der Waals surface area contributed by atoms with Crippen LogP contribution < -0.4 is 11.3 Å². The van der Waals surface area contributed by atoms with Gasteiger partial charge < -0.3 is 0 Å². The van der Waals surface area contributed by atoms with Crippen molar-refractivity contribution in [1.82, 2.24) is 14.3 Å². The lowest BCUT2D eigenvalue weighted by atomic mass is 10.3. The van der Waals surface area contributed by atoms with Crippen molar-refractivity contribution >= 4 is 16.0 Å². The fourth-order valence-corrected chi connectivity index (χ4v) is 3.10. The number of hydrazine groups is 1. The number of nitrogen functional groups attached to an aromatic ring is 1. The summed E-state index contributed by atoms with van der Waals surface area (Å²) < 4.78 is 26.6. The molecule has 20 heavy (non-hydrogen) atoms. The van der Waals surface area contributed by atoms with E-state index in [0.717, 1.165) is 25.7 Å². The first-order valence-electron chi connectivity index (χ1n) is 6.85. The number of anilines is 1. The van der Waals surface area contributed by atoms with E-state index in [0.29, 0.717) is 13.1 Å². The molecular formula is C12H23N5O2S. The van der Waals surface area contributed by atoms with E-state index in [1.165, 1.54) is 16.7 Å². The minimum Gasteiger partial charge on any atom is -0.292 e. The highest BCUT2D eigenvalue weighted by Crippen LogP contribution is 2.16. The second-order valence-corrected chi connectivity index (χ2v) is 6.44. The second kappa shape index (κ2) is 8.13. The number of hydrogen-bond acceptors (Lipinski definition) is 6. The van der Waals surface area contributed by atoms with Gasteiger partial charge in [0.1, 0.15) is 4.90 Å². The minimum absolute atomic E-state index is 0.101. The molecule has 7 nitrogen and oxygen atoms in total. The first-order chi connectivity index (χ1) is 9.56. The van der Waals surface area contributed by atoms with Crippen molar-refractivity contribution in [2.75, 3.05) is 18.5 Å². The van der Waals surface area contributed by atoms with E-state index >= 15 is 0 Å². The lowest BCUT2D eigenvalue weighted by molar-refractivity contribution is 0.395. The molecule has 0 aromatic carbocycles. The van der Waals surface area contributed by atoms with Gasteiger partial charge >= 0.3 is 0 Å². The maximum absolute atomic E-state index is 12.5. The topological polar surface area (TPSA) is 101 Å². The Bertz CT molecular complexity index is 481. The Balaban J connectivity index is 2.94. The molecule has 3 N–H and O–H groups in total. The third-order valence-electron chi connectivity index (χ3n) is 2.92. The van der Waals surface area contributed by atoms with E-state index in [1.807, 2.05) is 13.8 Å². The first kappa shape index (κ1) is 16.8. The van der Waals surface area contributed by atoms with E-state index in [1.54, 1.807) is 0 Å². The van der Waals surface area contributed by atoms with Gasteiger partial charge in [0.15, 0.2) is 0 Å². The number of hydrogen-bond donors (Lipinski definition) is 2. The summed E-state index contributed by atoms with van der Waals surface area (Å²) >= 11 is 0. The molecule has 0 aliphatic heterocycles. The van der Waals surface area contributed by atoms with Crippen LogP contribution in [0.3, 0.4) is 0 Å². The van der Waals surface area contributed by atoms with E-state index < -0.39 is 10.0 Å². The Morgan fingerprint density at radius 2 is 1.65 bits per heavy atom. The molecular weight excluding hydrogens is 278 g/mol. The predicted octanol–water partition coefficient (Wildman–Crippen LogP) is 1.35. The molecule has 1 rings (SSSR count). The molecule has 0 fully saturated rings. The second-order valence-electron chi connectivity index (χ2n) is 4.50. The van der Waals surface area contributed by atoms with E-state index in [2.05, 4.69) is 15.4 Å². The molecule has 0 saturated carbocycles. The molecule has 8 heteroatoms. The lowest BCUT2D eigenvalue weighted by Gasteiger charge is -2.21. The number of aromatic nitrogens is 2. The van der Waals surface area contributed by atoms with Gasteiger partial charge in [-0.3, -0.25) is 5.43 Å². The number of rotatable bonds is 9. The summed E-state index contributed by atoms with van der Waals surface area (Å²) in [6.07, 6.45) is 6.14. The Hall–Kier alpha value is -1.25. The molecule has 0 spiro atoms. The maximum atomic E-state index is 12.5. The summed E-state index contributed by atoms with van der Waals surface area (Å²) in [4.78, 5) is 7.81. The van der Waals surface area contributed by atoms with Crippen LogP contribution in [-0.2, 0) is 10.0 Å². The van der Waals surface area contributed by atoms with Gasteiger partial charge in [0.25, 0.3) is 0 Å². The van der Waals surface area contributed by atoms with Crippen LogP contribution in [0, 0.1) is 0 Å². The van der Waals surface area contributed by atoms with Gasteiger partial charge in [-0.1, -0.05) is 26.7 Å². The largest absolute Gasteiger partial charge is 0.292 e. The van der Waals surface area contributed by atoms with Crippen molar-refractivity contribution < 1.29 is 8.42 Å². The fraction of sp³-hybridized carbons (Fsp3) is 0.667. The fourth-order valence-electron chi connectivity index (χ4n) is 1.69. The Labute approximate surface area is 120 Å². The predicted molar refractivity (Wildman–Crippen MR) is 78.4 cm³/mol. The smallest absolute Gasteiger partial charge is 0.246 e. The molecule has 1 aromatic rings. The quantitative estimate of drug-likeness (QED) is 0.527. The highest BCUT2D eigenvalue weighted by Gasteiger charge is 2.24. The van der Waals surface area contributed by atoms with Crippen LogP contribution in [0.25, 0.3) is 0 Å². The Morgan fingerprint density at radius 1 is 1.15 bits per heavy atom. The molecule has 1 aromatic heterocycles. The molecule has 0 aliphatic carbocycles. The van der Waals surface area contributed by atoms with Gasteiger partial charge in [0, 0.05) is 13.1 Å². The molecule has 0 unspecified atom stereocenters. The van der Waals surface area contributed by atoms with Crippen molar-refractivity contribution in [3.05, 3.63) is 12.4 Å². The average molecular weight is 301 g/mol. The third kappa shape index (κ3) is 4.39. The van der Waals surface area contributed by atoms with Gasteiger partial charge in [-0.05, 0) is 12.8 Å². The number of sulfonamides is 1. The van der Waals surface area contributed by atoms with Crippen LogP contribution in [0.15, 0.2) is 17.3 Å². The van der Waals surface area contributed by atoms with Gasteiger partial charge in [0.05, 0.1) is 12.4 Å². The highest BCUT2D eigenvalue weighted by molar-refractivity contribution is 7.89. The van der Waals surface area contributed by atoms with Gasteiger partial charge in [-0.25, -0.2) is 24.2 Å². The lowest BCUT2D eigenvalue weighted by Crippen LogP contribution is -2.33. The standard InChI is InChI=1S/C12H23N5O2S/c1-3-5-7-17(8-6-4-2)20(18,19)11-9-14-12(16-13)15-10-11/h9-10H,3-8,13H2,1-2H3,(H,14,15,16). The average Bonchev–Trinajstić information content (AvgIpc) is 2.47. The maximum Gasteiger partial charge on any atom is 0.246 e. The van der Waals surface area contributed by atoms with Crippen molar-refractivity contribution in [3.8, 4) is 0 Å².